The van der Waals surface area contributed by atoms with Gasteiger partial charge in [0.2, 0.25) is 0 Å². The molecule has 2 N–H and O–H groups in total. The topological polar surface area (TPSA) is 74.6 Å². The van der Waals surface area contributed by atoms with Crippen molar-refractivity contribution in [3.05, 3.63) is 89.4 Å². The summed E-state index contributed by atoms with van der Waals surface area (Å²) in [7, 11) is 0. The summed E-state index contributed by atoms with van der Waals surface area (Å²) in [6.07, 6.45) is 4.11. The van der Waals surface area contributed by atoms with Gasteiger partial charge in [0.1, 0.15) is 5.76 Å². The number of piperidine rings is 1. The number of likely N-dealkylation sites (tertiary alicyclic amines) is 1. The molecule has 4 rings (SSSR count). The van der Waals surface area contributed by atoms with Gasteiger partial charge in [0.15, 0.2) is 0 Å². The van der Waals surface area contributed by atoms with Gasteiger partial charge in [-0.25, -0.2) is 0 Å². The Kier molecular flexibility index (Phi) is 7.02. The molecule has 2 aromatic carbocycles. The maximum Gasteiger partial charge on any atom is 0.255 e. The molecule has 3 aromatic rings. The highest BCUT2D eigenvalue weighted by atomic mass is 16.3. The summed E-state index contributed by atoms with van der Waals surface area (Å²) >= 11 is 0. The summed E-state index contributed by atoms with van der Waals surface area (Å²) in [6, 6.07) is 18.3. The van der Waals surface area contributed by atoms with E-state index in [1.54, 1.807) is 42.7 Å². The second-order valence-electron chi connectivity index (χ2n) is 8.44. The number of benzene rings is 2. The number of hydrogen-bond donors (Lipinski definition) is 2. The molecule has 1 fully saturated rings. The number of hydrogen-bond acceptors (Lipinski definition) is 4. The van der Waals surface area contributed by atoms with Crippen molar-refractivity contribution in [2.75, 3.05) is 18.4 Å². The highest BCUT2D eigenvalue weighted by molar-refractivity contribution is 6.09. The predicted molar refractivity (Wildman–Crippen MR) is 124 cm³/mol. The first-order valence-electron chi connectivity index (χ1n) is 11.1. The molecule has 166 valence electrons. The molecule has 2 heterocycles. The highest BCUT2D eigenvalue weighted by Gasteiger charge is 2.17. The van der Waals surface area contributed by atoms with E-state index >= 15 is 0 Å². The van der Waals surface area contributed by atoms with Crippen LogP contribution in [0.1, 0.15) is 51.8 Å². The lowest BCUT2D eigenvalue weighted by atomic mass is 9.99. The molecular weight excluding hydrogens is 402 g/mol. The van der Waals surface area contributed by atoms with E-state index in [0.717, 1.165) is 25.6 Å². The largest absolute Gasteiger partial charge is 0.467 e. The van der Waals surface area contributed by atoms with E-state index < -0.39 is 0 Å². The molecular formula is C26H29N3O3. The molecule has 0 aliphatic carbocycles. The van der Waals surface area contributed by atoms with Gasteiger partial charge >= 0.3 is 0 Å². The lowest BCUT2D eigenvalue weighted by Gasteiger charge is -2.30. The fourth-order valence-corrected chi connectivity index (χ4v) is 4.11. The van der Waals surface area contributed by atoms with Crippen molar-refractivity contribution in [1.82, 2.24) is 10.2 Å². The molecule has 0 bridgehead atoms. The molecule has 0 radical (unpaired) electrons. The van der Waals surface area contributed by atoms with Gasteiger partial charge in [0.25, 0.3) is 11.8 Å². The molecule has 1 aliphatic heterocycles. The van der Waals surface area contributed by atoms with E-state index in [-0.39, 0.29) is 18.4 Å². The van der Waals surface area contributed by atoms with E-state index in [9.17, 15) is 9.59 Å². The standard InChI is InChI=1S/C26H29N3O3/c1-19-6-4-14-29(17-19)18-20-10-12-21(13-11-20)25(30)28-24-9-3-2-8-23(24)26(31)27-16-22-7-5-15-32-22/h2-3,5,7-13,15,19H,4,6,14,16-18H2,1H3,(H,27,31)(H,28,30)/t19-/m1/s1. The lowest BCUT2D eigenvalue weighted by Crippen LogP contribution is -2.33. The predicted octanol–water partition coefficient (Wildman–Crippen LogP) is 4.69. The molecule has 0 saturated carbocycles. The van der Waals surface area contributed by atoms with Crippen molar-refractivity contribution in [1.29, 1.82) is 0 Å². The Morgan fingerprint density at radius 3 is 2.59 bits per heavy atom. The van der Waals surface area contributed by atoms with Crippen LogP contribution in [0.25, 0.3) is 0 Å². The number of carbonyl (C=O) groups is 2. The first-order chi connectivity index (χ1) is 15.6. The third-order valence-corrected chi connectivity index (χ3v) is 5.79. The Morgan fingerprint density at radius 2 is 1.84 bits per heavy atom. The van der Waals surface area contributed by atoms with Crippen LogP contribution < -0.4 is 10.6 Å². The van der Waals surface area contributed by atoms with Gasteiger partial charge in [0, 0.05) is 18.7 Å². The Bertz CT molecular complexity index is 1040. The fourth-order valence-electron chi connectivity index (χ4n) is 4.11. The zero-order chi connectivity index (χ0) is 22.3. The monoisotopic (exact) mass is 431 g/mol. The van der Waals surface area contributed by atoms with Crippen LogP contribution in [0.5, 0.6) is 0 Å². The number of furan rings is 1. The van der Waals surface area contributed by atoms with Crippen molar-refractivity contribution in [3.8, 4) is 0 Å². The number of para-hydroxylation sites is 1. The smallest absolute Gasteiger partial charge is 0.255 e. The Balaban J connectivity index is 1.37. The van der Waals surface area contributed by atoms with Crippen LogP contribution in [0.4, 0.5) is 5.69 Å². The lowest BCUT2D eigenvalue weighted by molar-refractivity contribution is 0.0949. The average molecular weight is 432 g/mol. The number of anilines is 1. The van der Waals surface area contributed by atoms with Crippen LogP contribution in [-0.4, -0.2) is 29.8 Å². The summed E-state index contributed by atoms with van der Waals surface area (Å²) in [5, 5.41) is 5.69. The molecule has 32 heavy (non-hydrogen) atoms. The van der Waals surface area contributed by atoms with Crippen LogP contribution >= 0.6 is 0 Å². The van der Waals surface area contributed by atoms with Gasteiger partial charge < -0.3 is 15.1 Å². The van der Waals surface area contributed by atoms with Gasteiger partial charge in [-0.3, -0.25) is 14.5 Å². The zero-order valence-corrected chi connectivity index (χ0v) is 18.3. The first kappa shape index (κ1) is 21.8. The minimum absolute atomic E-state index is 0.241. The van der Waals surface area contributed by atoms with E-state index in [4.69, 9.17) is 4.42 Å². The molecule has 1 saturated heterocycles. The van der Waals surface area contributed by atoms with Crippen LogP contribution in [0, 0.1) is 5.92 Å². The van der Waals surface area contributed by atoms with Crippen molar-refractivity contribution in [3.63, 3.8) is 0 Å². The van der Waals surface area contributed by atoms with Crippen LogP contribution in [0.3, 0.4) is 0 Å². The Labute approximate surface area is 188 Å². The van der Waals surface area contributed by atoms with Crippen LogP contribution in [0.15, 0.2) is 71.3 Å². The molecule has 2 amide bonds. The first-order valence-corrected chi connectivity index (χ1v) is 11.1. The van der Waals surface area contributed by atoms with Crippen molar-refractivity contribution in [2.24, 2.45) is 5.92 Å². The Morgan fingerprint density at radius 1 is 1.03 bits per heavy atom. The third kappa shape index (κ3) is 5.65. The van der Waals surface area contributed by atoms with E-state index in [2.05, 4.69) is 22.5 Å². The third-order valence-electron chi connectivity index (χ3n) is 5.79. The quantitative estimate of drug-likeness (QED) is 0.569. The van der Waals surface area contributed by atoms with Gasteiger partial charge in [0.05, 0.1) is 24.1 Å². The molecule has 6 heteroatoms. The molecule has 1 atom stereocenters. The number of rotatable bonds is 7. The van der Waals surface area contributed by atoms with Gasteiger partial charge in [-0.1, -0.05) is 31.2 Å². The summed E-state index contributed by atoms with van der Waals surface area (Å²) in [6.45, 7) is 5.75. The number of carbonyl (C=O) groups excluding carboxylic acids is 2. The second kappa shape index (κ2) is 10.3. The SMILES string of the molecule is C[C@@H]1CCCN(Cc2ccc(C(=O)Nc3ccccc3C(=O)NCc3ccco3)cc2)C1. The maximum atomic E-state index is 12.8. The average Bonchev–Trinajstić information content (AvgIpc) is 3.32. The Hall–Kier alpha value is -3.38. The van der Waals surface area contributed by atoms with Crippen molar-refractivity contribution < 1.29 is 14.0 Å². The summed E-state index contributed by atoms with van der Waals surface area (Å²) in [5.41, 5.74) is 2.64. The highest BCUT2D eigenvalue weighted by Crippen LogP contribution is 2.19. The summed E-state index contributed by atoms with van der Waals surface area (Å²) in [4.78, 5) is 27.9. The van der Waals surface area contributed by atoms with Gasteiger partial charge in [-0.2, -0.15) is 0 Å². The molecule has 6 nitrogen and oxygen atoms in total. The number of nitrogens with zero attached hydrogens (tertiary/aromatic N) is 1. The van der Waals surface area contributed by atoms with Gasteiger partial charge in [-0.05, 0) is 67.3 Å². The fraction of sp³-hybridized carbons (Fsp3) is 0.308. The molecule has 1 aliphatic rings. The van der Waals surface area contributed by atoms with Crippen LogP contribution in [0.2, 0.25) is 0 Å². The molecule has 1 aromatic heterocycles. The number of amides is 2. The van der Waals surface area contributed by atoms with E-state index in [1.807, 2.05) is 24.3 Å². The number of nitrogens with one attached hydrogen (secondary N) is 2. The zero-order valence-electron chi connectivity index (χ0n) is 18.3. The summed E-state index contributed by atoms with van der Waals surface area (Å²) in [5.74, 6) is 0.891. The maximum absolute atomic E-state index is 12.8. The minimum atomic E-state index is -0.275. The van der Waals surface area contributed by atoms with E-state index in [1.165, 1.54) is 18.4 Å². The second-order valence-corrected chi connectivity index (χ2v) is 8.44. The van der Waals surface area contributed by atoms with Crippen LogP contribution in [-0.2, 0) is 13.1 Å². The van der Waals surface area contributed by atoms with Crippen molar-refractivity contribution in [2.45, 2.75) is 32.9 Å². The molecule has 0 spiro atoms. The summed E-state index contributed by atoms with van der Waals surface area (Å²) < 4.78 is 5.25. The normalized spacial score (nSPS) is 16.5. The van der Waals surface area contributed by atoms with Crippen molar-refractivity contribution >= 4 is 17.5 Å². The van der Waals surface area contributed by atoms with Gasteiger partial charge in [-0.15, -0.1) is 0 Å². The minimum Gasteiger partial charge on any atom is -0.467 e. The van der Waals surface area contributed by atoms with E-state index in [0.29, 0.717) is 22.6 Å². The molecule has 0 unspecified atom stereocenters.